The van der Waals surface area contributed by atoms with E-state index in [4.69, 9.17) is 9.15 Å². The SMILES string of the molecule is Cc1nc(C(C=O)NC(=O)OC(C)(C)C)oc1C. The van der Waals surface area contributed by atoms with Crippen LogP contribution in [0.4, 0.5) is 4.79 Å². The third-order valence-electron chi connectivity index (χ3n) is 2.12. The lowest BCUT2D eigenvalue weighted by atomic mass is 10.2. The second-order valence-electron chi connectivity index (χ2n) is 4.95. The number of carbonyl (C=O) groups excluding carboxylic acids is 2. The molecule has 6 heteroatoms. The summed E-state index contributed by atoms with van der Waals surface area (Å²) >= 11 is 0. The van der Waals surface area contributed by atoms with Gasteiger partial charge in [0.25, 0.3) is 0 Å². The first-order valence-electron chi connectivity index (χ1n) is 5.61. The topological polar surface area (TPSA) is 81.4 Å². The first kappa shape index (κ1) is 14.2. The number of hydrogen-bond acceptors (Lipinski definition) is 5. The standard InChI is InChI=1S/C12H18N2O4/c1-7-8(2)17-10(13-7)9(6-15)14-11(16)18-12(3,4)5/h6,9H,1-5H3,(H,14,16). The zero-order valence-electron chi connectivity index (χ0n) is 11.2. The molecule has 0 fully saturated rings. The Bertz CT molecular complexity index is 426. The number of carbonyl (C=O) groups is 2. The first-order chi connectivity index (χ1) is 8.23. The van der Waals surface area contributed by atoms with Crippen molar-refractivity contribution < 1.29 is 18.7 Å². The molecule has 0 saturated heterocycles. The van der Waals surface area contributed by atoms with Crippen LogP contribution in [0.2, 0.25) is 0 Å². The molecule has 0 aliphatic rings. The normalized spacial score (nSPS) is 12.9. The fraction of sp³-hybridized carbons (Fsp3) is 0.583. The van der Waals surface area contributed by atoms with E-state index < -0.39 is 17.7 Å². The fourth-order valence-corrected chi connectivity index (χ4v) is 1.22. The van der Waals surface area contributed by atoms with Gasteiger partial charge in [0.05, 0.1) is 5.69 Å². The molecule has 0 radical (unpaired) electrons. The Hall–Kier alpha value is -1.85. The van der Waals surface area contributed by atoms with Gasteiger partial charge in [-0.3, -0.25) is 0 Å². The molecular weight excluding hydrogens is 236 g/mol. The molecule has 0 aromatic carbocycles. The van der Waals surface area contributed by atoms with Crippen molar-refractivity contribution in [2.75, 3.05) is 0 Å². The van der Waals surface area contributed by atoms with E-state index in [2.05, 4.69) is 10.3 Å². The zero-order chi connectivity index (χ0) is 13.9. The van der Waals surface area contributed by atoms with Crippen LogP contribution in [0.5, 0.6) is 0 Å². The number of nitrogens with one attached hydrogen (secondary N) is 1. The molecule has 100 valence electrons. The number of aromatic nitrogens is 1. The van der Waals surface area contributed by atoms with E-state index in [-0.39, 0.29) is 5.89 Å². The molecule has 1 heterocycles. The van der Waals surface area contributed by atoms with Gasteiger partial charge in [-0.05, 0) is 34.6 Å². The second kappa shape index (κ2) is 5.20. The summed E-state index contributed by atoms with van der Waals surface area (Å²) in [6.45, 7) is 8.71. The number of oxazole rings is 1. The van der Waals surface area contributed by atoms with Gasteiger partial charge in [0.15, 0.2) is 12.3 Å². The van der Waals surface area contributed by atoms with E-state index in [1.807, 2.05) is 0 Å². The van der Waals surface area contributed by atoms with Crippen LogP contribution in [0.3, 0.4) is 0 Å². The van der Waals surface area contributed by atoms with Gasteiger partial charge in [-0.25, -0.2) is 9.78 Å². The van der Waals surface area contributed by atoms with Crippen LogP contribution in [0.1, 0.15) is 44.2 Å². The highest BCUT2D eigenvalue weighted by atomic mass is 16.6. The molecule has 1 aromatic heterocycles. The molecule has 6 nitrogen and oxygen atoms in total. The molecule has 1 unspecified atom stereocenters. The van der Waals surface area contributed by atoms with Crippen LogP contribution in [-0.4, -0.2) is 23.0 Å². The molecule has 18 heavy (non-hydrogen) atoms. The third kappa shape index (κ3) is 3.87. The van der Waals surface area contributed by atoms with Gasteiger partial charge in [-0.1, -0.05) is 0 Å². The Balaban J connectivity index is 2.74. The van der Waals surface area contributed by atoms with E-state index in [0.717, 1.165) is 0 Å². The molecule has 1 rings (SSSR count). The van der Waals surface area contributed by atoms with Crippen LogP contribution in [0.25, 0.3) is 0 Å². The lowest BCUT2D eigenvalue weighted by Crippen LogP contribution is -2.35. The molecule has 1 N–H and O–H groups in total. The van der Waals surface area contributed by atoms with Crippen LogP contribution in [0.15, 0.2) is 4.42 Å². The molecule has 0 aliphatic carbocycles. The van der Waals surface area contributed by atoms with Gasteiger partial charge in [0, 0.05) is 0 Å². The van der Waals surface area contributed by atoms with Crippen molar-refractivity contribution in [1.82, 2.24) is 10.3 Å². The van der Waals surface area contributed by atoms with Gasteiger partial charge >= 0.3 is 6.09 Å². The first-order valence-corrected chi connectivity index (χ1v) is 5.61. The van der Waals surface area contributed by atoms with Gasteiger partial charge in [0.1, 0.15) is 11.4 Å². The summed E-state index contributed by atoms with van der Waals surface area (Å²) in [4.78, 5) is 26.6. The minimum Gasteiger partial charge on any atom is -0.444 e. The number of hydrogen-bond donors (Lipinski definition) is 1. The number of amides is 1. The molecule has 0 aliphatic heterocycles. The summed E-state index contributed by atoms with van der Waals surface area (Å²) in [6.07, 6.45) is -0.137. The Kier molecular flexibility index (Phi) is 4.11. The predicted molar refractivity (Wildman–Crippen MR) is 64.2 cm³/mol. The summed E-state index contributed by atoms with van der Waals surface area (Å²) in [6, 6.07) is -0.938. The Labute approximate surface area is 106 Å². The molecule has 0 spiro atoms. The van der Waals surface area contributed by atoms with Crippen molar-refractivity contribution in [3.05, 3.63) is 17.3 Å². The largest absolute Gasteiger partial charge is 0.444 e. The maximum absolute atomic E-state index is 11.5. The van der Waals surface area contributed by atoms with Gasteiger partial charge in [-0.15, -0.1) is 0 Å². The van der Waals surface area contributed by atoms with Crippen molar-refractivity contribution in [2.24, 2.45) is 0 Å². The predicted octanol–water partition coefficient (Wildman–Crippen LogP) is 2.06. The van der Waals surface area contributed by atoms with Crippen LogP contribution >= 0.6 is 0 Å². The van der Waals surface area contributed by atoms with Crippen LogP contribution in [0, 0.1) is 13.8 Å². The van der Waals surface area contributed by atoms with Crippen molar-refractivity contribution in [1.29, 1.82) is 0 Å². The lowest BCUT2D eigenvalue weighted by molar-refractivity contribution is -0.110. The highest BCUT2D eigenvalue weighted by molar-refractivity contribution is 5.73. The zero-order valence-corrected chi connectivity index (χ0v) is 11.2. The number of rotatable bonds is 3. The number of aryl methyl sites for hydroxylation is 2. The number of aldehydes is 1. The highest BCUT2D eigenvalue weighted by Crippen LogP contribution is 2.15. The van der Waals surface area contributed by atoms with Gasteiger partial charge in [-0.2, -0.15) is 0 Å². The Morgan fingerprint density at radius 1 is 1.44 bits per heavy atom. The summed E-state index contributed by atoms with van der Waals surface area (Å²) < 4.78 is 10.3. The highest BCUT2D eigenvalue weighted by Gasteiger charge is 2.23. The summed E-state index contributed by atoms with van der Waals surface area (Å²) in [5, 5.41) is 2.39. The van der Waals surface area contributed by atoms with E-state index in [1.165, 1.54) is 0 Å². The van der Waals surface area contributed by atoms with Crippen molar-refractivity contribution in [2.45, 2.75) is 46.3 Å². The molecule has 0 bridgehead atoms. The van der Waals surface area contributed by atoms with Crippen molar-refractivity contribution in [3.63, 3.8) is 0 Å². The maximum atomic E-state index is 11.5. The van der Waals surface area contributed by atoms with Crippen molar-refractivity contribution in [3.8, 4) is 0 Å². The lowest BCUT2D eigenvalue weighted by Gasteiger charge is -2.20. The summed E-state index contributed by atoms with van der Waals surface area (Å²) in [5.74, 6) is 0.772. The monoisotopic (exact) mass is 254 g/mol. The van der Waals surface area contributed by atoms with Crippen LogP contribution in [-0.2, 0) is 9.53 Å². The van der Waals surface area contributed by atoms with Crippen molar-refractivity contribution >= 4 is 12.4 Å². The van der Waals surface area contributed by atoms with E-state index in [9.17, 15) is 9.59 Å². The van der Waals surface area contributed by atoms with E-state index >= 15 is 0 Å². The minimum atomic E-state index is -0.938. The average Bonchev–Trinajstić information content (AvgIpc) is 2.53. The summed E-state index contributed by atoms with van der Waals surface area (Å²) in [5.41, 5.74) is 0.0581. The van der Waals surface area contributed by atoms with E-state index in [0.29, 0.717) is 17.7 Å². The minimum absolute atomic E-state index is 0.158. The molecule has 0 saturated carbocycles. The average molecular weight is 254 g/mol. The maximum Gasteiger partial charge on any atom is 0.408 e. The molecule has 1 amide bonds. The number of alkyl carbamates (subject to hydrolysis) is 1. The second-order valence-corrected chi connectivity index (χ2v) is 4.95. The number of nitrogens with zero attached hydrogens (tertiary/aromatic N) is 1. The Morgan fingerprint density at radius 2 is 2.06 bits per heavy atom. The smallest absolute Gasteiger partial charge is 0.408 e. The van der Waals surface area contributed by atoms with Gasteiger partial charge in [0.2, 0.25) is 5.89 Å². The van der Waals surface area contributed by atoms with Gasteiger partial charge < -0.3 is 19.3 Å². The fourth-order valence-electron chi connectivity index (χ4n) is 1.22. The molecule has 1 aromatic rings. The molecular formula is C12H18N2O4. The summed E-state index contributed by atoms with van der Waals surface area (Å²) in [7, 11) is 0. The quantitative estimate of drug-likeness (QED) is 0.835. The molecule has 1 atom stereocenters. The van der Waals surface area contributed by atoms with E-state index in [1.54, 1.807) is 34.6 Å². The Morgan fingerprint density at radius 3 is 2.44 bits per heavy atom. The third-order valence-corrected chi connectivity index (χ3v) is 2.12. The van der Waals surface area contributed by atoms with Crippen LogP contribution < -0.4 is 5.32 Å². The number of ether oxygens (including phenoxy) is 1.